The van der Waals surface area contributed by atoms with Crippen molar-refractivity contribution < 1.29 is 33.3 Å². The van der Waals surface area contributed by atoms with Gasteiger partial charge in [-0.1, -0.05) is 27.2 Å². The van der Waals surface area contributed by atoms with Crippen LogP contribution in [0.4, 0.5) is 0 Å². The summed E-state index contributed by atoms with van der Waals surface area (Å²) in [5.74, 6) is -0.396. The van der Waals surface area contributed by atoms with Crippen molar-refractivity contribution in [3.05, 3.63) is 17.7 Å². The molecule has 0 bridgehead atoms. The first-order chi connectivity index (χ1) is 15.8. The van der Waals surface area contributed by atoms with Crippen LogP contribution in [-0.4, -0.2) is 23.5 Å². The molecule has 2 fully saturated rings. The summed E-state index contributed by atoms with van der Waals surface area (Å²) in [7, 11) is 0. The highest BCUT2D eigenvalue weighted by Crippen LogP contribution is 2.67. The van der Waals surface area contributed by atoms with Crippen molar-refractivity contribution in [2.75, 3.05) is 0 Å². The third kappa shape index (κ3) is 4.07. The lowest BCUT2D eigenvalue weighted by Gasteiger charge is -2.64. The molecule has 2 aliphatic carbocycles. The van der Waals surface area contributed by atoms with Gasteiger partial charge in [-0.3, -0.25) is 14.4 Å². The Morgan fingerprint density at radius 1 is 0.882 bits per heavy atom. The fraction of sp³-hybridized carbons (Fsp3) is 0.667. The highest BCUT2D eigenvalue weighted by molar-refractivity contribution is 5.75. The average Bonchev–Trinajstić information content (AvgIpc) is 2.66. The van der Waals surface area contributed by atoms with Crippen LogP contribution in [0.3, 0.4) is 0 Å². The van der Waals surface area contributed by atoms with Gasteiger partial charge < -0.3 is 18.9 Å². The van der Waals surface area contributed by atoms with E-state index in [1.54, 1.807) is 12.1 Å². The number of ether oxygens (including phenoxy) is 4. The van der Waals surface area contributed by atoms with Crippen molar-refractivity contribution in [2.24, 2.45) is 22.7 Å². The molecular weight excluding hydrogens is 436 g/mol. The Morgan fingerprint density at radius 3 is 2.09 bits per heavy atom. The number of carbonyl (C=O) groups is 3. The lowest BCUT2D eigenvalue weighted by Crippen LogP contribution is -2.63. The molecule has 0 spiro atoms. The van der Waals surface area contributed by atoms with Gasteiger partial charge in [0, 0.05) is 38.3 Å². The maximum atomic E-state index is 12.3. The predicted molar refractivity (Wildman–Crippen MR) is 125 cm³/mol. The molecule has 4 rings (SSSR count). The van der Waals surface area contributed by atoms with Crippen LogP contribution in [0, 0.1) is 22.7 Å². The molecular formula is C27H36O7. The highest BCUT2D eigenvalue weighted by Gasteiger charge is 2.64. The Labute approximate surface area is 201 Å². The van der Waals surface area contributed by atoms with Gasteiger partial charge >= 0.3 is 17.9 Å². The molecule has 1 aromatic rings. The molecule has 0 saturated heterocycles. The largest absolute Gasteiger partial charge is 0.487 e. The Balaban J connectivity index is 1.90. The quantitative estimate of drug-likeness (QED) is 0.422. The first kappa shape index (κ1) is 24.6. The zero-order valence-electron chi connectivity index (χ0n) is 21.3. The molecule has 0 unspecified atom stereocenters. The Morgan fingerprint density at radius 2 is 1.50 bits per heavy atom. The Bertz CT molecular complexity index is 1030. The molecule has 0 aromatic heterocycles. The van der Waals surface area contributed by atoms with Gasteiger partial charge in [-0.2, -0.15) is 0 Å². The monoisotopic (exact) mass is 472 g/mol. The first-order valence-electron chi connectivity index (χ1n) is 12.2. The van der Waals surface area contributed by atoms with Crippen LogP contribution in [-0.2, 0) is 19.1 Å². The second-order valence-corrected chi connectivity index (χ2v) is 11.4. The van der Waals surface area contributed by atoms with Gasteiger partial charge in [0.15, 0.2) is 11.5 Å². The summed E-state index contributed by atoms with van der Waals surface area (Å²) in [4.78, 5) is 35.8. The van der Waals surface area contributed by atoms with E-state index in [1.807, 2.05) is 0 Å². The van der Waals surface area contributed by atoms with E-state index in [0.29, 0.717) is 17.2 Å². The smallest absolute Gasteiger partial charge is 0.308 e. The molecule has 1 aromatic carbocycles. The van der Waals surface area contributed by atoms with Gasteiger partial charge in [-0.05, 0) is 55.4 Å². The molecule has 0 amide bonds. The lowest BCUT2D eigenvalue weighted by molar-refractivity contribution is -0.212. The molecule has 0 N–H and O–H groups in total. The number of rotatable bonds is 3. The van der Waals surface area contributed by atoms with Crippen LogP contribution in [0.25, 0.3) is 0 Å². The highest BCUT2D eigenvalue weighted by atomic mass is 16.6. The second kappa shape index (κ2) is 8.28. The molecule has 7 nitrogen and oxygen atoms in total. The minimum absolute atomic E-state index is 0.0838. The lowest BCUT2D eigenvalue weighted by atomic mass is 9.44. The standard InChI is InChI=1S/C27H36O7/c1-15(28)31-20-13-18-19(14-21(20)32-16(2)29)34-27(7)12-9-22-25(4,5)10-8-11-26(22,6)24(27)23(18)33-17(3)30/h13-14,22-24H,8-12H2,1-7H3/t22-,23+,24+,26-,27-/m0/s1. The van der Waals surface area contributed by atoms with Crippen LogP contribution < -0.4 is 14.2 Å². The molecule has 1 aliphatic heterocycles. The van der Waals surface area contributed by atoms with E-state index in [2.05, 4.69) is 27.7 Å². The van der Waals surface area contributed by atoms with Crippen LogP contribution in [0.5, 0.6) is 17.2 Å². The van der Waals surface area contributed by atoms with E-state index in [-0.39, 0.29) is 34.2 Å². The molecule has 3 aliphatic rings. The van der Waals surface area contributed by atoms with Crippen molar-refractivity contribution in [3.63, 3.8) is 0 Å². The molecule has 5 atom stereocenters. The third-order valence-corrected chi connectivity index (χ3v) is 8.40. The van der Waals surface area contributed by atoms with Gasteiger partial charge in [0.25, 0.3) is 0 Å². The average molecular weight is 473 g/mol. The fourth-order valence-corrected chi connectivity index (χ4v) is 7.40. The fourth-order valence-electron chi connectivity index (χ4n) is 7.40. The number of carbonyl (C=O) groups excluding carboxylic acids is 3. The minimum atomic E-state index is -0.575. The topological polar surface area (TPSA) is 88.1 Å². The van der Waals surface area contributed by atoms with Gasteiger partial charge in [0.2, 0.25) is 0 Å². The summed E-state index contributed by atoms with van der Waals surface area (Å²) in [6.45, 7) is 13.1. The number of fused-ring (bicyclic) bond motifs is 4. The number of hydrogen-bond donors (Lipinski definition) is 0. The third-order valence-electron chi connectivity index (χ3n) is 8.40. The van der Waals surface area contributed by atoms with E-state index in [0.717, 1.165) is 25.7 Å². The molecule has 186 valence electrons. The van der Waals surface area contributed by atoms with Crippen molar-refractivity contribution in [1.29, 1.82) is 0 Å². The van der Waals surface area contributed by atoms with Crippen LogP contribution in [0.2, 0.25) is 0 Å². The van der Waals surface area contributed by atoms with Gasteiger partial charge in [-0.15, -0.1) is 0 Å². The number of hydrogen-bond acceptors (Lipinski definition) is 7. The maximum absolute atomic E-state index is 12.3. The van der Waals surface area contributed by atoms with Crippen molar-refractivity contribution in [3.8, 4) is 17.2 Å². The van der Waals surface area contributed by atoms with E-state index in [9.17, 15) is 14.4 Å². The zero-order valence-corrected chi connectivity index (χ0v) is 21.3. The normalized spacial score (nSPS) is 33.3. The van der Waals surface area contributed by atoms with E-state index in [1.165, 1.54) is 27.2 Å². The second-order valence-electron chi connectivity index (χ2n) is 11.4. The van der Waals surface area contributed by atoms with E-state index >= 15 is 0 Å². The van der Waals surface area contributed by atoms with Gasteiger partial charge in [0.1, 0.15) is 17.5 Å². The zero-order chi connectivity index (χ0) is 25.1. The summed E-state index contributed by atoms with van der Waals surface area (Å²) >= 11 is 0. The van der Waals surface area contributed by atoms with Crippen molar-refractivity contribution >= 4 is 17.9 Å². The van der Waals surface area contributed by atoms with Crippen molar-refractivity contribution in [2.45, 2.75) is 92.3 Å². The SMILES string of the molecule is CC(=O)Oc1cc2c(cc1OC(C)=O)[C@@H](OC(C)=O)[C@@H]1[C@@]3(C)CCCC(C)(C)[C@@H]3CC[C@]1(C)O2. The minimum Gasteiger partial charge on any atom is -0.487 e. The van der Waals surface area contributed by atoms with Gasteiger partial charge in [0.05, 0.1) is 0 Å². The summed E-state index contributed by atoms with van der Waals surface area (Å²) in [6, 6.07) is 3.20. The maximum Gasteiger partial charge on any atom is 0.308 e. The molecule has 1 heterocycles. The molecule has 2 saturated carbocycles. The van der Waals surface area contributed by atoms with Crippen LogP contribution in [0.15, 0.2) is 12.1 Å². The van der Waals surface area contributed by atoms with Gasteiger partial charge in [-0.25, -0.2) is 0 Å². The van der Waals surface area contributed by atoms with Crippen LogP contribution in [0.1, 0.15) is 92.2 Å². The molecule has 7 heteroatoms. The molecule has 34 heavy (non-hydrogen) atoms. The number of esters is 3. The Kier molecular flexibility index (Phi) is 5.98. The predicted octanol–water partition coefficient (Wildman–Crippen LogP) is 5.54. The molecule has 0 radical (unpaired) electrons. The van der Waals surface area contributed by atoms with Crippen LogP contribution >= 0.6 is 0 Å². The summed E-state index contributed by atoms with van der Waals surface area (Å²) in [5, 5.41) is 0. The summed E-state index contributed by atoms with van der Waals surface area (Å²) < 4.78 is 23.4. The summed E-state index contributed by atoms with van der Waals surface area (Å²) in [6.07, 6.45) is 4.59. The van der Waals surface area contributed by atoms with E-state index < -0.39 is 23.6 Å². The van der Waals surface area contributed by atoms with Crippen molar-refractivity contribution in [1.82, 2.24) is 0 Å². The van der Waals surface area contributed by atoms with E-state index in [4.69, 9.17) is 18.9 Å². The summed E-state index contributed by atoms with van der Waals surface area (Å²) in [5.41, 5.74) is 0.137. The number of benzene rings is 1. The Hall–Kier alpha value is -2.57. The first-order valence-corrected chi connectivity index (χ1v) is 12.2.